The summed E-state index contributed by atoms with van der Waals surface area (Å²) < 4.78 is 0. The molecule has 4 nitrogen and oxygen atoms in total. The molecule has 82 valence electrons. The predicted molar refractivity (Wildman–Crippen MR) is 61.5 cm³/mol. The first-order chi connectivity index (χ1) is 7.75. The van der Waals surface area contributed by atoms with E-state index in [2.05, 4.69) is 10.3 Å². The molecule has 0 fully saturated rings. The van der Waals surface area contributed by atoms with Gasteiger partial charge in [-0.05, 0) is 29.8 Å². The number of rotatable bonds is 4. The molecule has 0 saturated heterocycles. The van der Waals surface area contributed by atoms with E-state index in [0.717, 1.165) is 11.3 Å². The monoisotopic (exact) mass is 216 g/mol. The number of aromatic carboxylic acids is 1. The lowest BCUT2D eigenvalue weighted by Gasteiger charge is -2.05. The third-order valence-electron chi connectivity index (χ3n) is 2.27. The van der Waals surface area contributed by atoms with Gasteiger partial charge >= 0.3 is 5.97 Å². The summed E-state index contributed by atoms with van der Waals surface area (Å²) >= 11 is 0. The van der Waals surface area contributed by atoms with Gasteiger partial charge in [-0.2, -0.15) is 0 Å². The molecule has 0 spiro atoms. The van der Waals surface area contributed by atoms with Crippen LogP contribution < -0.4 is 5.32 Å². The van der Waals surface area contributed by atoms with Gasteiger partial charge < -0.3 is 15.4 Å². The summed E-state index contributed by atoms with van der Waals surface area (Å²) in [5, 5.41) is 12.0. The molecule has 4 heteroatoms. The molecule has 0 radical (unpaired) electrons. The quantitative estimate of drug-likeness (QED) is 0.734. The van der Waals surface area contributed by atoms with E-state index in [1.165, 1.54) is 0 Å². The summed E-state index contributed by atoms with van der Waals surface area (Å²) in [5.41, 5.74) is 2.22. The highest BCUT2D eigenvalue weighted by molar-refractivity contribution is 5.88. The molecule has 0 saturated carbocycles. The second-order valence-corrected chi connectivity index (χ2v) is 3.46. The Bertz CT molecular complexity index is 478. The second-order valence-electron chi connectivity index (χ2n) is 3.46. The molecule has 1 aromatic carbocycles. The van der Waals surface area contributed by atoms with Crippen LogP contribution in [0.3, 0.4) is 0 Å². The number of anilines is 1. The first-order valence-corrected chi connectivity index (χ1v) is 4.94. The van der Waals surface area contributed by atoms with Crippen molar-refractivity contribution in [2.45, 2.75) is 6.54 Å². The summed E-state index contributed by atoms with van der Waals surface area (Å²) in [4.78, 5) is 13.7. The molecule has 0 aliphatic heterocycles. The maximum absolute atomic E-state index is 10.8. The molecule has 16 heavy (non-hydrogen) atoms. The Kier molecular flexibility index (Phi) is 2.91. The van der Waals surface area contributed by atoms with Crippen LogP contribution in [0.15, 0.2) is 42.7 Å². The van der Waals surface area contributed by atoms with E-state index in [1.54, 1.807) is 18.2 Å². The van der Waals surface area contributed by atoms with Gasteiger partial charge in [0.25, 0.3) is 0 Å². The van der Waals surface area contributed by atoms with Crippen molar-refractivity contribution in [3.05, 3.63) is 53.9 Å². The molecule has 0 unspecified atom stereocenters. The molecular weight excluding hydrogens is 204 g/mol. The Morgan fingerprint density at radius 2 is 2.25 bits per heavy atom. The third kappa shape index (κ3) is 2.42. The number of aromatic nitrogens is 1. The van der Waals surface area contributed by atoms with Crippen molar-refractivity contribution in [2.75, 3.05) is 5.32 Å². The number of carboxylic acids is 1. The van der Waals surface area contributed by atoms with Crippen LogP contribution in [0.5, 0.6) is 0 Å². The van der Waals surface area contributed by atoms with Crippen molar-refractivity contribution in [2.24, 2.45) is 0 Å². The summed E-state index contributed by atoms with van der Waals surface area (Å²) in [5.74, 6) is -0.912. The average molecular weight is 216 g/mol. The Hall–Kier alpha value is -2.23. The molecule has 0 atom stereocenters. The van der Waals surface area contributed by atoms with Crippen LogP contribution in [0.25, 0.3) is 0 Å². The fourth-order valence-corrected chi connectivity index (χ4v) is 1.43. The van der Waals surface area contributed by atoms with Gasteiger partial charge in [0.05, 0.1) is 5.56 Å². The minimum atomic E-state index is -0.912. The summed E-state index contributed by atoms with van der Waals surface area (Å²) in [6, 6.07) is 8.73. The van der Waals surface area contributed by atoms with Gasteiger partial charge in [0.15, 0.2) is 0 Å². The van der Waals surface area contributed by atoms with Crippen LogP contribution in [0.2, 0.25) is 0 Å². The van der Waals surface area contributed by atoms with E-state index < -0.39 is 5.97 Å². The maximum Gasteiger partial charge on any atom is 0.335 e. The molecule has 2 rings (SSSR count). The lowest BCUT2D eigenvalue weighted by atomic mass is 10.2. The zero-order chi connectivity index (χ0) is 11.4. The van der Waals surface area contributed by atoms with Crippen molar-refractivity contribution in [3.8, 4) is 0 Å². The van der Waals surface area contributed by atoms with Gasteiger partial charge in [0, 0.05) is 24.6 Å². The lowest BCUT2D eigenvalue weighted by molar-refractivity contribution is 0.0697. The maximum atomic E-state index is 10.8. The molecule has 1 heterocycles. The number of hydrogen-bond acceptors (Lipinski definition) is 2. The fraction of sp³-hybridized carbons (Fsp3) is 0.0833. The summed E-state index contributed by atoms with van der Waals surface area (Å²) in [7, 11) is 0. The van der Waals surface area contributed by atoms with Crippen molar-refractivity contribution < 1.29 is 9.90 Å². The van der Waals surface area contributed by atoms with Crippen LogP contribution >= 0.6 is 0 Å². The zero-order valence-corrected chi connectivity index (χ0v) is 8.60. The normalized spacial score (nSPS) is 10.0. The van der Waals surface area contributed by atoms with E-state index in [-0.39, 0.29) is 0 Å². The standard InChI is InChI=1S/C12H12N2O2/c15-12(16)10-2-1-3-11(6-10)14-8-9-4-5-13-7-9/h1-7,13-14H,8H2,(H,15,16). The average Bonchev–Trinajstić information content (AvgIpc) is 2.79. The topological polar surface area (TPSA) is 65.1 Å². The van der Waals surface area contributed by atoms with Crippen LogP contribution in [0.4, 0.5) is 5.69 Å². The Morgan fingerprint density at radius 3 is 2.94 bits per heavy atom. The Labute approximate surface area is 92.9 Å². The van der Waals surface area contributed by atoms with Gasteiger partial charge in [-0.25, -0.2) is 4.79 Å². The molecule has 0 bridgehead atoms. The van der Waals surface area contributed by atoms with Crippen molar-refractivity contribution in [1.82, 2.24) is 4.98 Å². The molecule has 1 aromatic heterocycles. The van der Waals surface area contributed by atoms with E-state index in [1.807, 2.05) is 24.5 Å². The molecule has 2 aromatic rings. The van der Waals surface area contributed by atoms with Crippen molar-refractivity contribution in [3.63, 3.8) is 0 Å². The highest BCUT2D eigenvalue weighted by atomic mass is 16.4. The van der Waals surface area contributed by atoms with E-state index >= 15 is 0 Å². The fourth-order valence-electron chi connectivity index (χ4n) is 1.43. The van der Waals surface area contributed by atoms with Gasteiger partial charge in [0.1, 0.15) is 0 Å². The van der Waals surface area contributed by atoms with E-state index in [0.29, 0.717) is 12.1 Å². The van der Waals surface area contributed by atoms with Gasteiger partial charge in [-0.1, -0.05) is 6.07 Å². The molecule has 0 amide bonds. The lowest BCUT2D eigenvalue weighted by Crippen LogP contribution is -2.01. The SMILES string of the molecule is O=C(O)c1cccc(NCc2cc[nH]c2)c1. The third-order valence-corrected chi connectivity index (χ3v) is 2.27. The summed E-state index contributed by atoms with van der Waals surface area (Å²) in [6.07, 6.45) is 3.75. The zero-order valence-electron chi connectivity index (χ0n) is 8.60. The molecule has 0 aliphatic rings. The predicted octanol–water partition coefficient (Wildman–Crippen LogP) is 2.33. The van der Waals surface area contributed by atoms with Crippen LogP contribution in [-0.4, -0.2) is 16.1 Å². The molecule has 0 aliphatic carbocycles. The number of benzene rings is 1. The van der Waals surface area contributed by atoms with Crippen LogP contribution in [-0.2, 0) is 6.54 Å². The van der Waals surface area contributed by atoms with E-state index in [4.69, 9.17) is 5.11 Å². The number of aromatic amines is 1. The number of H-pyrrole nitrogens is 1. The smallest absolute Gasteiger partial charge is 0.335 e. The number of carbonyl (C=O) groups is 1. The first-order valence-electron chi connectivity index (χ1n) is 4.94. The minimum Gasteiger partial charge on any atom is -0.478 e. The Morgan fingerprint density at radius 1 is 1.38 bits per heavy atom. The van der Waals surface area contributed by atoms with Gasteiger partial charge in [0.2, 0.25) is 0 Å². The number of hydrogen-bond donors (Lipinski definition) is 3. The highest BCUT2D eigenvalue weighted by Gasteiger charge is 2.02. The highest BCUT2D eigenvalue weighted by Crippen LogP contribution is 2.12. The Balaban J connectivity index is 2.04. The number of carboxylic acid groups (broad SMARTS) is 1. The van der Waals surface area contributed by atoms with Gasteiger partial charge in [-0.15, -0.1) is 0 Å². The van der Waals surface area contributed by atoms with Gasteiger partial charge in [-0.3, -0.25) is 0 Å². The summed E-state index contributed by atoms with van der Waals surface area (Å²) in [6.45, 7) is 0.673. The van der Waals surface area contributed by atoms with Crippen LogP contribution in [0, 0.1) is 0 Å². The minimum absolute atomic E-state index is 0.291. The molecular formula is C12H12N2O2. The largest absolute Gasteiger partial charge is 0.478 e. The van der Waals surface area contributed by atoms with E-state index in [9.17, 15) is 4.79 Å². The first kappa shape index (κ1) is 10.3. The molecule has 3 N–H and O–H groups in total. The number of nitrogens with one attached hydrogen (secondary N) is 2. The van der Waals surface area contributed by atoms with Crippen molar-refractivity contribution >= 4 is 11.7 Å². The van der Waals surface area contributed by atoms with Crippen molar-refractivity contribution in [1.29, 1.82) is 0 Å². The second kappa shape index (κ2) is 4.53. The van der Waals surface area contributed by atoms with Crippen LogP contribution in [0.1, 0.15) is 15.9 Å².